The summed E-state index contributed by atoms with van der Waals surface area (Å²) < 4.78 is 6.18. The number of hydrogen-bond acceptors (Lipinski definition) is 3. The molecule has 2 aliphatic carbocycles. The first-order chi connectivity index (χ1) is 11.3. The normalized spacial score (nSPS) is 39.5. The number of rotatable bonds is 2. The van der Waals surface area contributed by atoms with Gasteiger partial charge >= 0.3 is 0 Å². The number of nitrogens with one attached hydrogen (secondary N) is 1. The van der Waals surface area contributed by atoms with Crippen molar-refractivity contribution >= 4 is 5.91 Å². The highest BCUT2D eigenvalue weighted by Gasteiger charge is 2.68. The first-order valence-corrected chi connectivity index (χ1v) is 9.02. The number of fused-ring (bicyclic) bond motifs is 1. The molecule has 1 aromatic rings. The molecule has 4 rings (SSSR count). The molecule has 1 spiro atoms. The van der Waals surface area contributed by atoms with Crippen LogP contribution in [0.3, 0.4) is 0 Å². The second-order valence-corrected chi connectivity index (χ2v) is 8.57. The minimum Gasteiger partial charge on any atom is -0.508 e. The number of hydrogen-bond donors (Lipinski definition) is 2. The van der Waals surface area contributed by atoms with Crippen LogP contribution in [0.2, 0.25) is 0 Å². The average Bonchev–Trinajstić information content (AvgIpc) is 3.00. The van der Waals surface area contributed by atoms with Gasteiger partial charge in [-0.3, -0.25) is 4.79 Å². The van der Waals surface area contributed by atoms with E-state index in [4.69, 9.17) is 4.74 Å². The van der Waals surface area contributed by atoms with E-state index in [0.29, 0.717) is 11.8 Å². The minimum absolute atomic E-state index is 0.0169. The minimum atomic E-state index is 0.0169. The summed E-state index contributed by atoms with van der Waals surface area (Å²) in [4.78, 5) is 11.9. The Morgan fingerprint density at radius 1 is 1.38 bits per heavy atom. The fourth-order valence-electron chi connectivity index (χ4n) is 6.02. The van der Waals surface area contributed by atoms with Crippen molar-refractivity contribution in [2.75, 3.05) is 6.61 Å². The van der Waals surface area contributed by atoms with Crippen molar-refractivity contribution in [1.29, 1.82) is 0 Å². The van der Waals surface area contributed by atoms with Crippen LogP contribution in [0, 0.1) is 22.7 Å². The van der Waals surface area contributed by atoms with Crippen molar-refractivity contribution in [3.05, 3.63) is 29.8 Å². The SMILES string of the molecule is CC(=O)N[C@H]1C(C)(C)[C@@H]2C[C@@H]3[C@@H](c4cccc(O)c4)OCC[C@@]31C2. The summed E-state index contributed by atoms with van der Waals surface area (Å²) in [6, 6.07) is 7.67. The standard InChI is InChI=1S/C20H27NO3/c1-12(22)21-18-19(2,3)14-10-16-17(13-5-4-6-15(23)9-13)24-8-7-20(16,18)11-14/h4-6,9,14,16-18,23H,7-8,10-11H2,1-3H3,(H,21,22)/t14-,16-,17-,18+,20-/m1/s1. The molecule has 1 aromatic carbocycles. The highest BCUT2D eigenvalue weighted by molar-refractivity contribution is 5.73. The van der Waals surface area contributed by atoms with E-state index in [1.807, 2.05) is 18.2 Å². The van der Waals surface area contributed by atoms with Gasteiger partial charge in [-0.25, -0.2) is 0 Å². The van der Waals surface area contributed by atoms with Gasteiger partial charge in [-0.05, 0) is 59.6 Å². The van der Waals surface area contributed by atoms with Crippen molar-refractivity contribution in [3.63, 3.8) is 0 Å². The van der Waals surface area contributed by atoms with Gasteiger partial charge in [0.25, 0.3) is 0 Å². The van der Waals surface area contributed by atoms with Crippen LogP contribution in [0.15, 0.2) is 24.3 Å². The van der Waals surface area contributed by atoms with Crippen LogP contribution >= 0.6 is 0 Å². The van der Waals surface area contributed by atoms with Crippen molar-refractivity contribution in [2.24, 2.45) is 22.7 Å². The van der Waals surface area contributed by atoms with E-state index < -0.39 is 0 Å². The molecule has 2 saturated carbocycles. The maximum Gasteiger partial charge on any atom is 0.217 e. The van der Waals surface area contributed by atoms with Gasteiger partial charge < -0.3 is 15.2 Å². The van der Waals surface area contributed by atoms with Gasteiger partial charge in [-0.2, -0.15) is 0 Å². The molecule has 3 fully saturated rings. The van der Waals surface area contributed by atoms with Crippen molar-refractivity contribution < 1.29 is 14.6 Å². The molecular weight excluding hydrogens is 302 g/mol. The Morgan fingerprint density at radius 3 is 2.88 bits per heavy atom. The Morgan fingerprint density at radius 2 is 2.17 bits per heavy atom. The molecule has 0 aromatic heterocycles. The van der Waals surface area contributed by atoms with E-state index in [2.05, 4.69) is 19.2 Å². The molecule has 1 saturated heterocycles. The van der Waals surface area contributed by atoms with Gasteiger partial charge in [0.15, 0.2) is 0 Å². The van der Waals surface area contributed by atoms with Gasteiger partial charge in [0.05, 0.1) is 6.10 Å². The van der Waals surface area contributed by atoms with Gasteiger partial charge in [0.2, 0.25) is 5.91 Å². The zero-order valence-corrected chi connectivity index (χ0v) is 14.7. The number of carbonyl (C=O) groups is 1. The van der Waals surface area contributed by atoms with Crippen LogP contribution < -0.4 is 5.32 Å². The summed E-state index contributed by atoms with van der Waals surface area (Å²) in [5.74, 6) is 1.37. The van der Waals surface area contributed by atoms with Crippen molar-refractivity contribution in [3.8, 4) is 5.75 Å². The molecule has 2 bridgehead atoms. The summed E-state index contributed by atoms with van der Waals surface area (Å²) in [6.07, 6.45) is 3.35. The first kappa shape index (κ1) is 15.9. The molecule has 4 nitrogen and oxygen atoms in total. The number of amides is 1. The fourth-order valence-corrected chi connectivity index (χ4v) is 6.02. The number of benzene rings is 1. The van der Waals surface area contributed by atoms with Crippen LogP contribution in [0.1, 0.15) is 51.7 Å². The third-order valence-electron chi connectivity index (χ3n) is 7.05. The van der Waals surface area contributed by atoms with Gasteiger partial charge in [0.1, 0.15) is 5.75 Å². The lowest BCUT2D eigenvalue weighted by Gasteiger charge is -2.53. The van der Waals surface area contributed by atoms with Gasteiger partial charge in [0, 0.05) is 19.6 Å². The molecule has 130 valence electrons. The lowest BCUT2D eigenvalue weighted by Crippen LogP contribution is -2.58. The zero-order valence-electron chi connectivity index (χ0n) is 14.7. The third kappa shape index (κ3) is 2.12. The molecule has 2 N–H and O–H groups in total. The molecule has 0 radical (unpaired) electrons. The Labute approximate surface area is 143 Å². The van der Waals surface area contributed by atoms with E-state index in [1.54, 1.807) is 13.0 Å². The Bertz CT molecular complexity index is 671. The van der Waals surface area contributed by atoms with Crippen molar-refractivity contribution in [1.82, 2.24) is 5.32 Å². The Hall–Kier alpha value is -1.55. The predicted octanol–water partition coefficient (Wildman–Crippen LogP) is 3.41. The third-order valence-corrected chi connectivity index (χ3v) is 7.05. The highest BCUT2D eigenvalue weighted by Crippen LogP contribution is 2.70. The number of carbonyl (C=O) groups excluding carboxylic acids is 1. The van der Waals surface area contributed by atoms with Crippen LogP contribution in [0.4, 0.5) is 0 Å². The van der Waals surface area contributed by atoms with Crippen LogP contribution in [0.5, 0.6) is 5.75 Å². The van der Waals surface area contributed by atoms with Crippen LogP contribution in [-0.2, 0) is 9.53 Å². The summed E-state index contributed by atoms with van der Waals surface area (Å²) in [7, 11) is 0. The summed E-state index contributed by atoms with van der Waals surface area (Å²) >= 11 is 0. The predicted molar refractivity (Wildman–Crippen MR) is 91.4 cm³/mol. The molecule has 3 aliphatic rings. The molecule has 24 heavy (non-hydrogen) atoms. The molecule has 4 heteroatoms. The Balaban J connectivity index is 1.72. The van der Waals surface area contributed by atoms with Gasteiger partial charge in [-0.15, -0.1) is 0 Å². The van der Waals surface area contributed by atoms with E-state index in [0.717, 1.165) is 25.0 Å². The molecular formula is C20H27NO3. The lowest BCUT2D eigenvalue weighted by molar-refractivity contribution is -0.136. The van der Waals surface area contributed by atoms with E-state index in [1.165, 1.54) is 6.42 Å². The second kappa shape index (κ2) is 5.22. The molecule has 5 atom stereocenters. The largest absolute Gasteiger partial charge is 0.508 e. The topological polar surface area (TPSA) is 58.6 Å². The lowest BCUT2D eigenvalue weighted by atomic mass is 9.59. The quantitative estimate of drug-likeness (QED) is 0.874. The summed E-state index contributed by atoms with van der Waals surface area (Å²) in [6.45, 7) is 6.96. The Kier molecular flexibility index (Phi) is 3.47. The number of phenolic OH excluding ortho intramolecular Hbond substituents is 1. The van der Waals surface area contributed by atoms with E-state index in [9.17, 15) is 9.90 Å². The highest BCUT2D eigenvalue weighted by atomic mass is 16.5. The van der Waals surface area contributed by atoms with Crippen LogP contribution in [-0.4, -0.2) is 23.7 Å². The van der Waals surface area contributed by atoms with E-state index in [-0.39, 0.29) is 34.6 Å². The smallest absolute Gasteiger partial charge is 0.217 e. The second-order valence-electron chi connectivity index (χ2n) is 8.57. The van der Waals surface area contributed by atoms with Crippen LogP contribution in [0.25, 0.3) is 0 Å². The number of ether oxygens (including phenoxy) is 1. The monoisotopic (exact) mass is 329 g/mol. The summed E-state index contributed by atoms with van der Waals surface area (Å²) in [5.41, 5.74) is 1.31. The summed E-state index contributed by atoms with van der Waals surface area (Å²) in [5, 5.41) is 13.1. The molecule has 0 unspecified atom stereocenters. The van der Waals surface area contributed by atoms with Gasteiger partial charge in [-0.1, -0.05) is 26.0 Å². The van der Waals surface area contributed by atoms with Crippen molar-refractivity contribution in [2.45, 2.75) is 52.2 Å². The average molecular weight is 329 g/mol. The first-order valence-electron chi connectivity index (χ1n) is 9.02. The fraction of sp³-hybridized carbons (Fsp3) is 0.650. The zero-order chi connectivity index (χ0) is 17.1. The maximum atomic E-state index is 11.9. The molecule has 1 amide bonds. The molecule has 1 heterocycles. The molecule has 1 aliphatic heterocycles. The number of phenols is 1. The maximum absolute atomic E-state index is 11.9. The van der Waals surface area contributed by atoms with E-state index >= 15 is 0 Å². The number of aromatic hydroxyl groups is 1.